The van der Waals surface area contributed by atoms with E-state index in [4.69, 9.17) is 0 Å². The Balaban J connectivity index is 2.50. The van der Waals surface area contributed by atoms with Crippen LogP contribution < -0.4 is 16.0 Å². The summed E-state index contributed by atoms with van der Waals surface area (Å²) in [6.07, 6.45) is 2.76. The normalized spacial score (nSPS) is 26.0. The van der Waals surface area contributed by atoms with Gasteiger partial charge in [-0.2, -0.15) is 0 Å². The number of rotatable bonds is 6. The van der Waals surface area contributed by atoms with Crippen LogP contribution in [0.1, 0.15) is 46.5 Å². The highest BCUT2D eigenvalue weighted by molar-refractivity contribution is 5.87. The van der Waals surface area contributed by atoms with Gasteiger partial charge in [0, 0.05) is 12.6 Å². The minimum absolute atomic E-state index is 0.251. The molecule has 4 N–H and O–H groups in total. The van der Waals surface area contributed by atoms with Gasteiger partial charge < -0.3 is 21.1 Å². The highest BCUT2D eigenvalue weighted by Crippen LogP contribution is 2.38. The van der Waals surface area contributed by atoms with E-state index in [2.05, 4.69) is 16.0 Å². The van der Waals surface area contributed by atoms with Crippen LogP contribution in [0.5, 0.6) is 0 Å². The summed E-state index contributed by atoms with van der Waals surface area (Å²) in [5.41, 5.74) is -0.939. The molecule has 0 aromatic carbocycles. The molecule has 7 nitrogen and oxygen atoms in total. The van der Waals surface area contributed by atoms with Crippen molar-refractivity contribution in [2.75, 3.05) is 6.54 Å². The van der Waals surface area contributed by atoms with Crippen molar-refractivity contribution in [3.05, 3.63) is 0 Å². The SMILES string of the molecule is CCCNC(=O)C(C)NC(=O)NC1CCCC1(C)C(=O)O. The maximum atomic E-state index is 11.9. The summed E-state index contributed by atoms with van der Waals surface area (Å²) in [6, 6.07) is -1.58. The van der Waals surface area contributed by atoms with Crippen LogP contribution in [-0.2, 0) is 9.59 Å². The molecule has 0 aromatic heterocycles. The van der Waals surface area contributed by atoms with Gasteiger partial charge >= 0.3 is 12.0 Å². The van der Waals surface area contributed by atoms with E-state index >= 15 is 0 Å². The van der Waals surface area contributed by atoms with Crippen LogP contribution in [0.2, 0.25) is 0 Å². The van der Waals surface area contributed by atoms with Crippen LogP contribution in [0, 0.1) is 5.41 Å². The van der Waals surface area contributed by atoms with Crippen molar-refractivity contribution in [1.29, 1.82) is 0 Å². The van der Waals surface area contributed by atoms with Crippen LogP contribution in [-0.4, -0.2) is 41.6 Å². The third-order valence-corrected chi connectivity index (χ3v) is 4.04. The van der Waals surface area contributed by atoms with Crippen LogP contribution in [0.4, 0.5) is 4.79 Å². The minimum Gasteiger partial charge on any atom is -0.481 e. The molecule has 0 saturated heterocycles. The predicted octanol–water partition coefficient (Wildman–Crippen LogP) is 0.844. The summed E-state index contributed by atoms with van der Waals surface area (Å²) in [4.78, 5) is 34.9. The van der Waals surface area contributed by atoms with E-state index in [0.29, 0.717) is 19.4 Å². The van der Waals surface area contributed by atoms with Crippen molar-refractivity contribution in [3.63, 3.8) is 0 Å². The number of amides is 3. The second kappa shape index (κ2) is 7.28. The van der Waals surface area contributed by atoms with E-state index in [1.165, 1.54) is 0 Å². The number of carbonyl (C=O) groups excluding carboxylic acids is 2. The molecule has 3 atom stereocenters. The number of nitrogens with one attached hydrogen (secondary N) is 3. The zero-order chi connectivity index (χ0) is 16.0. The quantitative estimate of drug-likeness (QED) is 0.583. The summed E-state index contributed by atoms with van der Waals surface area (Å²) in [6.45, 7) is 5.74. The standard InChI is InChI=1S/C14H25N3O4/c1-4-8-15-11(18)9(2)16-13(21)17-10-6-5-7-14(10,3)12(19)20/h9-10H,4-8H2,1-3H3,(H,15,18)(H,19,20)(H2,16,17,21). The molecule has 0 heterocycles. The Hall–Kier alpha value is -1.79. The van der Waals surface area contributed by atoms with Crippen molar-refractivity contribution in [2.24, 2.45) is 5.41 Å². The Kier molecular flexibility index (Phi) is 5.99. The topological polar surface area (TPSA) is 108 Å². The summed E-state index contributed by atoms with van der Waals surface area (Å²) in [7, 11) is 0. The Morgan fingerprint density at radius 1 is 1.38 bits per heavy atom. The molecule has 0 aromatic rings. The van der Waals surface area contributed by atoms with Crippen molar-refractivity contribution < 1.29 is 19.5 Å². The summed E-state index contributed by atoms with van der Waals surface area (Å²) in [5.74, 6) is -1.15. The molecule has 1 aliphatic carbocycles. The Morgan fingerprint density at radius 3 is 2.62 bits per heavy atom. The summed E-state index contributed by atoms with van der Waals surface area (Å²) >= 11 is 0. The van der Waals surface area contributed by atoms with Gasteiger partial charge in [-0.1, -0.05) is 13.3 Å². The van der Waals surface area contributed by atoms with Crippen LogP contribution in [0.25, 0.3) is 0 Å². The lowest BCUT2D eigenvalue weighted by atomic mass is 9.85. The van der Waals surface area contributed by atoms with Gasteiger partial charge in [0.05, 0.1) is 5.41 Å². The molecular formula is C14H25N3O4. The number of aliphatic carboxylic acids is 1. The number of hydrogen-bond donors (Lipinski definition) is 4. The van der Waals surface area contributed by atoms with Crippen molar-refractivity contribution in [2.45, 2.75) is 58.5 Å². The van der Waals surface area contributed by atoms with Crippen molar-refractivity contribution in [1.82, 2.24) is 16.0 Å². The molecule has 7 heteroatoms. The first-order valence-electron chi connectivity index (χ1n) is 7.39. The number of hydrogen-bond acceptors (Lipinski definition) is 3. The second-order valence-corrected chi connectivity index (χ2v) is 5.80. The molecule has 120 valence electrons. The van der Waals surface area contributed by atoms with Gasteiger partial charge in [-0.15, -0.1) is 0 Å². The first kappa shape index (κ1) is 17.3. The molecule has 1 rings (SSSR count). The first-order chi connectivity index (χ1) is 9.81. The van der Waals surface area contributed by atoms with E-state index in [1.54, 1.807) is 13.8 Å². The monoisotopic (exact) mass is 299 g/mol. The molecule has 0 spiro atoms. The van der Waals surface area contributed by atoms with Gasteiger partial charge in [0.15, 0.2) is 0 Å². The van der Waals surface area contributed by atoms with Gasteiger partial charge in [0.2, 0.25) is 5.91 Å². The number of carboxylic acids is 1. The predicted molar refractivity (Wildman–Crippen MR) is 77.8 cm³/mol. The molecular weight excluding hydrogens is 274 g/mol. The molecule has 1 aliphatic rings. The average molecular weight is 299 g/mol. The highest BCUT2D eigenvalue weighted by atomic mass is 16.4. The molecule has 3 amide bonds. The maximum absolute atomic E-state index is 11.9. The lowest BCUT2D eigenvalue weighted by molar-refractivity contribution is -0.148. The zero-order valence-electron chi connectivity index (χ0n) is 12.9. The molecule has 0 radical (unpaired) electrons. The van der Waals surface area contributed by atoms with Gasteiger partial charge in [0.25, 0.3) is 0 Å². The van der Waals surface area contributed by atoms with E-state index in [0.717, 1.165) is 12.8 Å². The van der Waals surface area contributed by atoms with E-state index < -0.39 is 29.5 Å². The zero-order valence-corrected chi connectivity index (χ0v) is 12.9. The lowest BCUT2D eigenvalue weighted by Gasteiger charge is -2.28. The Morgan fingerprint density at radius 2 is 2.05 bits per heavy atom. The van der Waals surface area contributed by atoms with Gasteiger partial charge in [-0.3, -0.25) is 9.59 Å². The molecule has 1 saturated carbocycles. The number of urea groups is 1. The van der Waals surface area contributed by atoms with Crippen LogP contribution >= 0.6 is 0 Å². The van der Waals surface area contributed by atoms with E-state index in [-0.39, 0.29) is 5.91 Å². The molecule has 3 unspecified atom stereocenters. The van der Waals surface area contributed by atoms with Gasteiger partial charge in [0.1, 0.15) is 6.04 Å². The van der Waals surface area contributed by atoms with Crippen molar-refractivity contribution >= 4 is 17.9 Å². The number of carbonyl (C=O) groups is 3. The third-order valence-electron chi connectivity index (χ3n) is 4.04. The van der Waals surface area contributed by atoms with Crippen LogP contribution in [0.15, 0.2) is 0 Å². The van der Waals surface area contributed by atoms with Gasteiger partial charge in [-0.25, -0.2) is 4.79 Å². The summed E-state index contributed by atoms with van der Waals surface area (Å²) in [5, 5.41) is 17.2. The Bertz CT molecular complexity index is 413. The third kappa shape index (κ3) is 4.34. The molecule has 0 bridgehead atoms. The van der Waals surface area contributed by atoms with Gasteiger partial charge in [-0.05, 0) is 33.1 Å². The fourth-order valence-electron chi connectivity index (χ4n) is 2.52. The average Bonchev–Trinajstić information content (AvgIpc) is 2.78. The minimum atomic E-state index is -0.939. The smallest absolute Gasteiger partial charge is 0.315 e. The second-order valence-electron chi connectivity index (χ2n) is 5.80. The largest absolute Gasteiger partial charge is 0.481 e. The lowest BCUT2D eigenvalue weighted by Crippen LogP contribution is -2.54. The fourth-order valence-corrected chi connectivity index (χ4v) is 2.52. The fraction of sp³-hybridized carbons (Fsp3) is 0.786. The molecule has 21 heavy (non-hydrogen) atoms. The van der Waals surface area contributed by atoms with Crippen molar-refractivity contribution in [3.8, 4) is 0 Å². The Labute approximate surface area is 124 Å². The van der Waals surface area contributed by atoms with E-state index in [9.17, 15) is 19.5 Å². The van der Waals surface area contributed by atoms with Crippen LogP contribution in [0.3, 0.4) is 0 Å². The first-order valence-corrected chi connectivity index (χ1v) is 7.39. The number of carboxylic acid groups (broad SMARTS) is 1. The maximum Gasteiger partial charge on any atom is 0.315 e. The van der Waals surface area contributed by atoms with E-state index in [1.807, 2.05) is 6.92 Å². The molecule has 0 aliphatic heterocycles. The summed E-state index contributed by atoms with van der Waals surface area (Å²) < 4.78 is 0. The molecule has 1 fully saturated rings. The highest BCUT2D eigenvalue weighted by Gasteiger charge is 2.46.